The minimum atomic E-state index is -1.21. The Kier molecular flexibility index (Phi) is 3.86. The Labute approximate surface area is 117 Å². The summed E-state index contributed by atoms with van der Waals surface area (Å²) in [5, 5.41) is 9.08. The average Bonchev–Trinajstić information content (AvgIpc) is 2.77. The van der Waals surface area contributed by atoms with E-state index in [1.54, 1.807) is 6.21 Å². The lowest BCUT2D eigenvalue weighted by Gasteiger charge is -2.13. The summed E-state index contributed by atoms with van der Waals surface area (Å²) in [6.07, 6.45) is 3.64. The molecule has 0 amide bonds. The lowest BCUT2D eigenvalue weighted by Crippen LogP contribution is -2.20. The van der Waals surface area contributed by atoms with E-state index in [1.807, 2.05) is 39.0 Å². The highest BCUT2D eigenvalue weighted by Gasteiger charge is 2.24. The molecule has 4 heteroatoms. The number of hydrogen-bond donors (Lipinski definition) is 0. The summed E-state index contributed by atoms with van der Waals surface area (Å²) in [7, 11) is -1.21. The van der Waals surface area contributed by atoms with E-state index in [1.165, 1.54) is 0 Å². The smallest absolute Gasteiger partial charge is 0.144 e. The highest BCUT2D eigenvalue weighted by atomic mass is 32.2. The first kappa shape index (κ1) is 14.0. The van der Waals surface area contributed by atoms with Crippen molar-refractivity contribution in [1.29, 1.82) is 5.26 Å². The van der Waals surface area contributed by atoms with Crippen LogP contribution in [0.15, 0.2) is 22.6 Å². The highest BCUT2D eigenvalue weighted by Crippen LogP contribution is 2.33. The molecule has 0 radical (unpaired) electrons. The first-order valence-corrected chi connectivity index (χ1v) is 7.52. The zero-order valence-corrected chi connectivity index (χ0v) is 12.3. The fraction of sp³-hybridized carbons (Fsp3) is 0.467. The summed E-state index contributed by atoms with van der Waals surface area (Å²) in [6.45, 7) is 5.74. The Morgan fingerprint density at radius 2 is 2.21 bits per heavy atom. The molecule has 0 aliphatic heterocycles. The van der Waals surface area contributed by atoms with Crippen molar-refractivity contribution in [2.75, 3.05) is 0 Å². The lowest BCUT2D eigenvalue weighted by molar-refractivity contribution is 0.650. The Balaban J connectivity index is 2.23. The van der Waals surface area contributed by atoms with E-state index in [0.717, 1.165) is 29.5 Å². The lowest BCUT2D eigenvalue weighted by atomic mass is 10.00. The Hall–Kier alpha value is -1.47. The summed E-state index contributed by atoms with van der Waals surface area (Å²) in [5.74, 6) is 0.189. The second-order valence-electron chi connectivity index (χ2n) is 5.75. The van der Waals surface area contributed by atoms with E-state index in [9.17, 15) is 4.21 Å². The number of hydrogen-bond acceptors (Lipinski definition) is 2. The Bertz CT molecular complexity index is 579. The molecule has 1 aliphatic rings. The van der Waals surface area contributed by atoms with Gasteiger partial charge in [0.25, 0.3) is 0 Å². The van der Waals surface area contributed by atoms with Crippen molar-refractivity contribution in [1.82, 2.24) is 0 Å². The van der Waals surface area contributed by atoms with Crippen LogP contribution < -0.4 is 0 Å². The first-order chi connectivity index (χ1) is 8.93. The number of fused-ring (bicyclic) bond motifs is 1. The molecular formula is C15H18N2OS. The largest absolute Gasteiger partial charge is 0.234 e. The maximum absolute atomic E-state index is 11.9. The molecular weight excluding hydrogens is 256 g/mol. The van der Waals surface area contributed by atoms with E-state index < -0.39 is 11.0 Å². The zero-order valence-electron chi connectivity index (χ0n) is 11.5. The maximum Gasteiger partial charge on any atom is 0.144 e. The van der Waals surface area contributed by atoms with Gasteiger partial charge in [-0.05, 0) is 50.8 Å². The molecule has 1 aliphatic carbocycles. The summed E-state index contributed by atoms with van der Waals surface area (Å²) in [5.41, 5.74) is 3.04. The number of rotatable bonds is 2. The molecule has 19 heavy (non-hydrogen) atoms. The van der Waals surface area contributed by atoms with Gasteiger partial charge in [-0.3, -0.25) is 0 Å². The molecule has 0 saturated carbocycles. The van der Waals surface area contributed by atoms with Gasteiger partial charge in [0.2, 0.25) is 0 Å². The molecule has 0 saturated heterocycles. The van der Waals surface area contributed by atoms with Gasteiger partial charge < -0.3 is 0 Å². The van der Waals surface area contributed by atoms with Crippen molar-refractivity contribution in [3.63, 3.8) is 0 Å². The van der Waals surface area contributed by atoms with Crippen molar-refractivity contribution in [2.24, 2.45) is 4.40 Å². The Morgan fingerprint density at radius 1 is 1.47 bits per heavy atom. The van der Waals surface area contributed by atoms with E-state index in [2.05, 4.69) is 10.5 Å². The van der Waals surface area contributed by atoms with E-state index in [-0.39, 0.29) is 10.7 Å². The summed E-state index contributed by atoms with van der Waals surface area (Å²) in [6, 6.07) is 8.03. The van der Waals surface area contributed by atoms with Crippen LogP contribution in [-0.4, -0.2) is 15.2 Å². The highest BCUT2D eigenvalue weighted by molar-refractivity contribution is 7.85. The zero-order chi connectivity index (χ0) is 14.0. The third kappa shape index (κ3) is 2.93. The van der Waals surface area contributed by atoms with Gasteiger partial charge in [-0.15, -0.1) is 0 Å². The molecule has 3 nitrogen and oxygen atoms in total. The number of benzene rings is 1. The van der Waals surface area contributed by atoms with E-state index >= 15 is 0 Å². The molecule has 1 aromatic carbocycles. The van der Waals surface area contributed by atoms with E-state index in [4.69, 9.17) is 5.26 Å². The van der Waals surface area contributed by atoms with Crippen LogP contribution in [0.2, 0.25) is 0 Å². The summed E-state index contributed by atoms with van der Waals surface area (Å²) < 4.78 is 15.8. The van der Waals surface area contributed by atoms with Crippen molar-refractivity contribution >= 4 is 17.2 Å². The molecule has 0 N–H and O–H groups in total. The van der Waals surface area contributed by atoms with Gasteiger partial charge in [-0.25, -0.2) is 4.21 Å². The van der Waals surface area contributed by atoms with Crippen molar-refractivity contribution < 1.29 is 4.21 Å². The second-order valence-corrected chi connectivity index (χ2v) is 7.68. The molecule has 0 fully saturated rings. The van der Waals surface area contributed by atoms with E-state index in [0.29, 0.717) is 0 Å². The molecule has 2 atom stereocenters. The molecule has 0 heterocycles. The molecule has 0 aromatic heterocycles. The van der Waals surface area contributed by atoms with Crippen LogP contribution in [0.5, 0.6) is 0 Å². The van der Waals surface area contributed by atoms with Crippen molar-refractivity contribution in [2.45, 2.75) is 44.3 Å². The molecule has 2 rings (SSSR count). The summed E-state index contributed by atoms with van der Waals surface area (Å²) in [4.78, 5) is 0. The number of nitriles is 1. The fourth-order valence-electron chi connectivity index (χ4n) is 2.23. The van der Waals surface area contributed by atoms with Crippen LogP contribution in [0.1, 0.15) is 49.8 Å². The first-order valence-electron chi connectivity index (χ1n) is 6.41. The molecule has 100 valence electrons. The molecule has 2 unspecified atom stereocenters. The van der Waals surface area contributed by atoms with Crippen molar-refractivity contribution in [3.8, 4) is 6.07 Å². The standard InChI is InChI=1S/C15H18N2OS/c1-15(2,3)19(18)17-10-12-7-8-14-11(9-16)5-4-6-13(12)14/h4-6,10,12H,7-8H2,1-3H3/b17-10+. The molecule has 0 bridgehead atoms. The van der Waals surface area contributed by atoms with Crippen molar-refractivity contribution in [3.05, 3.63) is 34.9 Å². The van der Waals surface area contributed by atoms with Gasteiger partial charge in [0.05, 0.1) is 16.4 Å². The predicted octanol–water partition coefficient (Wildman–Crippen LogP) is 3.12. The van der Waals surface area contributed by atoms with Gasteiger partial charge in [0.15, 0.2) is 0 Å². The van der Waals surface area contributed by atoms with Gasteiger partial charge in [-0.2, -0.15) is 9.66 Å². The fourth-order valence-corrected chi connectivity index (χ4v) is 2.81. The van der Waals surface area contributed by atoms with Crippen LogP contribution in [0, 0.1) is 11.3 Å². The minimum absolute atomic E-state index is 0.189. The van der Waals surface area contributed by atoms with Gasteiger partial charge in [-0.1, -0.05) is 12.1 Å². The molecule has 0 spiro atoms. The third-order valence-electron chi connectivity index (χ3n) is 3.30. The van der Waals surface area contributed by atoms with Gasteiger partial charge in [0, 0.05) is 12.1 Å². The SMILES string of the molecule is CC(C)(C)S(=O)/N=C/C1CCc2c(C#N)cccc21. The summed E-state index contributed by atoms with van der Waals surface area (Å²) >= 11 is 0. The predicted molar refractivity (Wildman–Crippen MR) is 78.6 cm³/mol. The number of nitrogens with zero attached hydrogens (tertiary/aromatic N) is 2. The van der Waals surface area contributed by atoms with Crippen LogP contribution in [0.3, 0.4) is 0 Å². The normalized spacial score (nSPS) is 20.2. The average molecular weight is 274 g/mol. The minimum Gasteiger partial charge on any atom is -0.234 e. The topological polar surface area (TPSA) is 53.2 Å². The molecule has 1 aromatic rings. The monoisotopic (exact) mass is 274 g/mol. The Morgan fingerprint density at radius 3 is 2.84 bits per heavy atom. The van der Waals surface area contributed by atoms with Crippen LogP contribution in [-0.2, 0) is 17.4 Å². The maximum atomic E-state index is 11.9. The van der Waals surface area contributed by atoms with Crippen LogP contribution >= 0.6 is 0 Å². The van der Waals surface area contributed by atoms with Gasteiger partial charge in [0.1, 0.15) is 11.0 Å². The van der Waals surface area contributed by atoms with Crippen LogP contribution in [0.25, 0.3) is 0 Å². The van der Waals surface area contributed by atoms with Gasteiger partial charge >= 0.3 is 0 Å². The van der Waals surface area contributed by atoms with Crippen LogP contribution in [0.4, 0.5) is 0 Å². The quantitative estimate of drug-likeness (QED) is 0.778. The third-order valence-corrected chi connectivity index (χ3v) is 4.66. The second kappa shape index (κ2) is 5.26.